The zero-order valence-electron chi connectivity index (χ0n) is 24.6. The molecule has 1 fully saturated rings. The first-order valence-electron chi connectivity index (χ1n) is 14.2. The number of rotatable bonds is 9. The number of esters is 2. The minimum atomic E-state index is -0.820. The number of allylic oxidation sites excluding steroid dienone is 2. The van der Waals surface area contributed by atoms with E-state index in [9.17, 15) is 14.0 Å². The summed E-state index contributed by atoms with van der Waals surface area (Å²) in [6.07, 6.45) is 3.21. The van der Waals surface area contributed by atoms with Crippen molar-refractivity contribution in [3.63, 3.8) is 0 Å². The maximum atomic E-state index is 14.9. The third kappa shape index (κ3) is 7.35. The quantitative estimate of drug-likeness (QED) is 0.212. The Balaban J connectivity index is 1.36. The zero-order chi connectivity index (χ0) is 30.2. The van der Waals surface area contributed by atoms with E-state index < -0.39 is 23.7 Å². The maximum Gasteiger partial charge on any atom is 0.336 e. The van der Waals surface area contributed by atoms with Crippen molar-refractivity contribution in [3.8, 4) is 0 Å². The van der Waals surface area contributed by atoms with Crippen molar-refractivity contribution in [2.45, 2.75) is 44.9 Å². The van der Waals surface area contributed by atoms with Crippen LogP contribution in [0.15, 0.2) is 71.1 Å². The minimum absolute atomic E-state index is 0.134. The fourth-order valence-corrected chi connectivity index (χ4v) is 6.00. The van der Waals surface area contributed by atoms with E-state index in [0.717, 1.165) is 38.9 Å². The Bertz CT molecular complexity index is 1330. The molecule has 0 amide bonds. The second kappa shape index (κ2) is 14.4. The van der Waals surface area contributed by atoms with Crippen LogP contribution in [0.3, 0.4) is 0 Å². The SMILES string of the molecule is COC(=O)C1=C(C)NC(C)=C(C(=O)OC)C1c1ccc(F)c(NC(=S)NCCCN2CCC(c3ccccc3)CC2)c1. The van der Waals surface area contributed by atoms with E-state index in [0.29, 0.717) is 34.5 Å². The first kappa shape index (κ1) is 31.2. The number of anilines is 1. The van der Waals surface area contributed by atoms with Gasteiger partial charge in [0.25, 0.3) is 0 Å². The van der Waals surface area contributed by atoms with Gasteiger partial charge in [0.05, 0.1) is 37.0 Å². The van der Waals surface area contributed by atoms with Gasteiger partial charge in [-0.25, -0.2) is 14.0 Å². The fourth-order valence-electron chi connectivity index (χ4n) is 5.79. The maximum absolute atomic E-state index is 14.9. The second-order valence-electron chi connectivity index (χ2n) is 10.6. The number of likely N-dealkylation sites (tertiary alicyclic amines) is 1. The highest BCUT2D eigenvalue weighted by Gasteiger charge is 2.38. The summed E-state index contributed by atoms with van der Waals surface area (Å²) >= 11 is 5.46. The number of carbonyl (C=O) groups excluding carboxylic acids is 2. The number of methoxy groups -OCH3 is 2. The second-order valence-corrected chi connectivity index (χ2v) is 11.0. The first-order valence-corrected chi connectivity index (χ1v) is 14.6. The van der Waals surface area contributed by atoms with Crippen molar-refractivity contribution in [2.24, 2.45) is 0 Å². The van der Waals surface area contributed by atoms with Crippen molar-refractivity contribution >= 4 is 35.0 Å². The summed E-state index contributed by atoms with van der Waals surface area (Å²) in [6.45, 7) is 7.19. The molecule has 0 spiro atoms. The molecule has 2 aliphatic heterocycles. The molecule has 0 saturated carbocycles. The monoisotopic (exact) mass is 594 g/mol. The Kier molecular flexibility index (Phi) is 10.7. The first-order chi connectivity index (χ1) is 20.2. The molecule has 1 saturated heterocycles. The molecule has 3 N–H and O–H groups in total. The van der Waals surface area contributed by atoms with Crippen molar-refractivity contribution < 1.29 is 23.5 Å². The highest BCUT2D eigenvalue weighted by atomic mass is 32.1. The molecule has 2 heterocycles. The lowest BCUT2D eigenvalue weighted by atomic mass is 9.80. The van der Waals surface area contributed by atoms with Crippen LogP contribution in [0, 0.1) is 5.82 Å². The van der Waals surface area contributed by atoms with E-state index in [1.54, 1.807) is 26.0 Å². The summed E-state index contributed by atoms with van der Waals surface area (Å²) in [5.74, 6) is -1.91. The standard InChI is InChI=1S/C32H39FN4O4S/c1-20-27(30(38)40-3)29(28(21(2)35-20)31(39)41-4)24-11-12-25(33)26(19-24)36-32(42)34-15-8-16-37-17-13-23(14-18-37)22-9-6-5-7-10-22/h5-7,9-12,19,23,29,35H,8,13-18H2,1-4H3,(H2,34,36,42). The molecule has 224 valence electrons. The number of thiocarbonyl (C=S) groups is 1. The van der Waals surface area contributed by atoms with Gasteiger partial charge in [-0.05, 0) is 94.1 Å². The van der Waals surface area contributed by atoms with Crippen molar-refractivity contribution in [3.05, 3.63) is 88.0 Å². The number of nitrogens with one attached hydrogen (secondary N) is 3. The molecule has 2 aliphatic rings. The van der Waals surface area contributed by atoms with Crippen LogP contribution in [-0.2, 0) is 19.1 Å². The van der Waals surface area contributed by atoms with Gasteiger partial charge in [0.1, 0.15) is 5.82 Å². The van der Waals surface area contributed by atoms with E-state index in [1.165, 1.54) is 25.8 Å². The van der Waals surface area contributed by atoms with E-state index in [2.05, 4.69) is 51.2 Å². The van der Waals surface area contributed by atoms with Crippen LogP contribution in [0.5, 0.6) is 0 Å². The van der Waals surface area contributed by atoms with Crippen LogP contribution in [-0.4, -0.2) is 62.3 Å². The summed E-state index contributed by atoms with van der Waals surface area (Å²) in [6, 6.07) is 15.1. The summed E-state index contributed by atoms with van der Waals surface area (Å²) in [5.41, 5.74) is 3.64. The minimum Gasteiger partial charge on any atom is -0.466 e. The van der Waals surface area contributed by atoms with Crippen LogP contribution in [0.4, 0.5) is 10.1 Å². The van der Waals surface area contributed by atoms with Gasteiger partial charge in [0, 0.05) is 17.9 Å². The average molecular weight is 595 g/mol. The Labute approximate surface area is 252 Å². The van der Waals surface area contributed by atoms with Gasteiger partial charge in [-0.2, -0.15) is 0 Å². The largest absolute Gasteiger partial charge is 0.466 e. The Morgan fingerprint density at radius 2 is 1.60 bits per heavy atom. The fraction of sp³-hybridized carbons (Fsp3) is 0.406. The van der Waals surface area contributed by atoms with Gasteiger partial charge in [0.15, 0.2) is 5.11 Å². The molecule has 0 unspecified atom stereocenters. The smallest absolute Gasteiger partial charge is 0.336 e. The molecular weight excluding hydrogens is 555 g/mol. The van der Waals surface area contributed by atoms with Crippen molar-refractivity contribution in [2.75, 3.05) is 45.7 Å². The van der Waals surface area contributed by atoms with Gasteiger partial charge < -0.3 is 30.3 Å². The lowest BCUT2D eigenvalue weighted by molar-refractivity contribution is -0.137. The predicted molar refractivity (Wildman–Crippen MR) is 165 cm³/mol. The predicted octanol–water partition coefficient (Wildman–Crippen LogP) is 4.96. The summed E-state index contributed by atoms with van der Waals surface area (Å²) in [5, 5.41) is 9.46. The number of benzene rings is 2. The molecule has 0 bridgehead atoms. The van der Waals surface area contributed by atoms with Gasteiger partial charge in [0.2, 0.25) is 0 Å². The number of nitrogens with zero attached hydrogens (tertiary/aromatic N) is 1. The number of hydrogen-bond donors (Lipinski definition) is 3. The summed E-state index contributed by atoms with van der Waals surface area (Å²) in [4.78, 5) is 28.0. The molecule has 0 radical (unpaired) electrons. The van der Waals surface area contributed by atoms with Gasteiger partial charge in [-0.3, -0.25) is 0 Å². The van der Waals surface area contributed by atoms with E-state index >= 15 is 0 Å². The number of carbonyl (C=O) groups is 2. The third-order valence-electron chi connectivity index (χ3n) is 7.94. The summed E-state index contributed by atoms with van der Waals surface area (Å²) < 4.78 is 24.9. The number of hydrogen-bond acceptors (Lipinski definition) is 7. The molecule has 0 aromatic heterocycles. The van der Waals surface area contributed by atoms with Crippen LogP contribution in [0.25, 0.3) is 0 Å². The molecule has 42 heavy (non-hydrogen) atoms. The molecular formula is C32H39FN4O4S. The molecule has 4 rings (SSSR count). The molecule has 0 atom stereocenters. The summed E-state index contributed by atoms with van der Waals surface area (Å²) in [7, 11) is 2.55. The van der Waals surface area contributed by atoms with Gasteiger partial charge in [-0.1, -0.05) is 36.4 Å². The van der Waals surface area contributed by atoms with E-state index in [-0.39, 0.29) is 16.8 Å². The Morgan fingerprint density at radius 1 is 0.976 bits per heavy atom. The number of halogens is 1. The third-order valence-corrected chi connectivity index (χ3v) is 8.18. The molecule has 2 aromatic rings. The lowest BCUT2D eigenvalue weighted by Crippen LogP contribution is -2.36. The number of ether oxygens (including phenoxy) is 2. The average Bonchev–Trinajstić information content (AvgIpc) is 3.00. The van der Waals surface area contributed by atoms with Crippen LogP contribution >= 0.6 is 12.2 Å². The van der Waals surface area contributed by atoms with Gasteiger partial charge >= 0.3 is 11.9 Å². The van der Waals surface area contributed by atoms with Crippen LogP contribution < -0.4 is 16.0 Å². The highest BCUT2D eigenvalue weighted by molar-refractivity contribution is 7.80. The number of piperidine rings is 1. The molecule has 2 aromatic carbocycles. The normalized spacial score (nSPS) is 16.6. The van der Waals surface area contributed by atoms with E-state index in [4.69, 9.17) is 21.7 Å². The van der Waals surface area contributed by atoms with Crippen molar-refractivity contribution in [1.29, 1.82) is 0 Å². The Morgan fingerprint density at radius 3 is 2.19 bits per heavy atom. The van der Waals surface area contributed by atoms with Crippen LogP contribution in [0.2, 0.25) is 0 Å². The number of dihydropyridines is 1. The molecule has 8 nitrogen and oxygen atoms in total. The topological polar surface area (TPSA) is 91.9 Å². The lowest BCUT2D eigenvalue weighted by Gasteiger charge is -2.32. The zero-order valence-corrected chi connectivity index (χ0v) is 25.4. The van der Waals surface area contributed by atoms with Gasteiger partial charge in [-0.15, -0.1) is 0 Å². The molecule has 10 heteroatoms. The van der Waals surface area contributed by atoms with Crippen LogP contribution in [0.1, 0.15) is 56.1 Å². The molecule has 0 aliphatic carbocycles. The van der Waals surface area contributed by atoms with E-state index in [1.807, 2.05) is 0 Å². The van der Waals surface area contributed by atoms with Crippen molar-refractivity contribution in [1.82, 2.24) is 15.5 Å². The Hall–Kier alpha value is -3.76. The highest BCUT2D eigenvalue weighted by Crippen LogP contribution is 2.40.